The highest BCUT2D eigenvalue weighted by molar-refractivity contribution is 5.82. The number of nitrogens with zero attached hydrogens (tertiary/aromatic N) is 2. The summed E-state index contributed by atoms with van der Waals surface area (Å²) in [6.45, 7) is 3.94. The van der Waals surface area contributed by atoms with E-state index in [1.807, 2.05) is 13.8 Å². The van der Waals surface area contributed by atoms with Crippen molar-refractivity contribution in [3.05, 3.63) is 41.2 Å². The molecule has 0 bridgehead atoms. The second-order valence-electron chi connectivity index (χ2n) is 4.69. The number of aromatic nitrogens is 2. The van der Waals surface area contributed by atoms with Crippen molar-refractivity contribution in [1.82, 2.24) is 10.2 Å². The Morgan fingerprint density at radius 3 is 2.65 bits per heavy atom. The van der Waals surface area contributed by atoms with Crippen LogP contribution < -0.4 is 5.32 Å². The van der Waals surface area contributed by atoms with Crippen molar-refractivity contribution in [3.63, 3.8) is 0 Å². The first-order chi connectivity index (χ1) is 9.60. The fourth-order valence-corrected chi connectivity index (χ4v) is 2.21. The van der Waals surface area contributed by atoms with E-state index in [0.29, 0.717) is 17.0 Å². The zero-order valence-corrected chi connectivity index (χ0v) is 11.5. The number of fused-ring (bicyclic) bond motifs is 1. The molecule has 0 atom stereocenters. The Kier molecular flexibility index (Phi) is 2.89. The van der Waals surface area contributed by atoms with Crippen molar-refractivity contribution in [1.29, 1.82) is 0 Å². The summed E-state index contributed by atoms with van der Waals surface area (Å²) in [4.78, 5) is 0. The third-order valence-electron chi connectivity index (χ3n) is 3.47. The van der Waals surface area contributed by atoms with E-state index in [0.717, 1.165) is 22.3 Å². The van der Waals surface area contributed by atoms with Crippen LogP contribution in [-0.2, 0) is 0 Å². The Labute approximate surface area is 115 Å². The molecule has 0 spiro atoms. The Balaban J connectivity index is 2.18. The molecule has 1 aromatic carbocycles. The van der Waals surface area contributed by atoms with Crippen LogP contribution >= 0.6 is 0 Å². The number of rotatable bonds is 2. The van der Waals surface area contributed by atoms with E-state index in [1.165, 1.54) is 12.1 Å². The average Bonchev–Trinajstić information content (AvgIpc) is 2.84. The Hall–Kier alpha value is -2.43. The lowest BCUT2D eigenvalue weighted by Gasteiger charge is -2.08. The van der Waals surface area contributed by atoms with Crippen LogP contribution in [0.25, 0.3) is 22.4 Å². The molecule has 5 heteroatoms. The molecule has 0 unspecified atom stereocenters. The maximum Gasteiger partial charge on any atom is 0.155 e. The van der Waals surface area contributed by atoms with Crippen LogP contribution in [0.3, 0.4) is 0 Å². The smallest absolute Gasteiger partial charge is 0.155 e. The molecular weight excluding hydrogens is 257 g/mol. The largest absolute Gasteiger partial charge is 0.454 e. The van der Waals surface area contributed by atoms with Gasteiger partial charge in [-0.05, 0) is 49.2 Å². The molecule has 2 aromatic heterocycles. The van der Waals surface area contributed by atoms with Gasteiger partial charge in [0.05, 0.1) is 0 Å². The summed E-state index contributed by atoms with van der Waals surface area (Å²) in [5.74, 6) is 1.06. The number of anilines is 1. The van der Waals surface area contributed by atoms with Gasteiger partial charge in [0, 0.05) is 12.4 Å². The van der Waals surface area contributed by atoms with Gasteiger partial charge in [-0.3, -0.25) is 0 Å². The molecule has 0 radical (unpaired) electrons. The number of furan rings is 1. The molecule has 1 N–H and O–H groups in total. The minimum atomic E-state index is -0.283. The molecule has 0 fully saturated rings. The Morgan fingerprint density at radius 2 is 1.90 bits per heavy atom. The van der Waals surface area contributed by atoms with Gasteiger partial charge < -0.3 is 9.73 Å². The summed E-state index contributed by atoms with van der Waals surface area (Å²) < 4.78 is 18.9. The third-order valence-corrected chi connectivity index (χ3v) is 3.47. The van der Waals surface area contributed by atoms with E-state index in [2.05, 4.69) is 15.5 Å². The summed E-state index contributed by atoms with van der Waals surface area (Å²) in [6.07, 6.45) is 0. The maximum absolute atomic E-state index is 13.2. The maximum atomic E-state index is 13.2. The number of hydrogen-bond donors (Lipinski definition) is 1. The monoisotopic (exact) mass is 271 g/mol. The SMILES string of the molecule is CNc1nnc(-c2cc3cc(F)ccc3o2)c(C)c1C. The number of hydrogen-bond acceptors (Lipinski definition) is 4. The molecule has 0 aliphatic carbocycles. The van der Waals surface area contributed by atoms with E-state index in [4.69, 9.17) is 4.42 Å². The van der Waals surface area contributed by atoms with Crippen LogP contribution in [-0.4, -0.2) is 17.2 Å². The van der Waals surface area contributed by atoms with Gasteiger partial charge in [-0.25, -0.2) is 4.39 Å². The number of nitrogens with one attached hydrogen (secondary N) is 1. The molecule has 0 saturated carbocycles. The minimum Gasteiger partial charge on any atom is -0.454 e. The van der Waals surface area contributed by atoms with E-state index in [1.54, 1.807) is 19.2 Å². The van der Waals surface area contributed by atoms with Gasteiger partial charge in [0.25, 0.3) is 0 Å². The molecule has 0 aliphatic heterocycles. The van der Waals surface area contributed by atoms with Gasteiger partial charge in [0.15, 0.2) is 11.6 Å². The van der Waals surface area contributed by atoms with Gasteiger partial charge in [0.2, 0.25) is 0 Å². The summed E-state index contributed by atoms with van der Waals surface area (Å²) in [5, 5.41) is 12.0. The fourth-order valence-electron chi connectivity index (χ4n) is 2.21. The standard InChI is InChI=1S/C15H14FN3O/c1-8-9(2)15(17-3)19-18-14(8)13-7-10-6-11(16)4-5-12(10)20-13/h4-7H,1-3H3,(H,17,19). The summed E-state index contributed by atoms with van der Waals surface area (Å²) in [6, 6.07) is 6.23. The second-order valence-corrected chi connectivity index (χ2v) is 4.69. The van der Waals surface area contributed by atoms with Crippen LogP contribution in [0.2, 0.25) is 0 Å². The van der Waals surface area contributed by atoms with Crippen molar-refractivity contribution >= 4 is 16.8 Å². The Bertz CT molecular complexity index is 795. The lowest BCUT2D eigenvalue weighted by molar-refractivity contribution is 0.616. The first kappa shape index (κ1) is 12.6. The highest BCUT2D eigenvalue weighted by atomic mass is 19.1. The number of benzene rings is 1. The summed E-state index contributed by atoms with van der Waals surface area (Å²) in [5.41, 5.74) is 3.32. The van der Waals surface area contributed by atoms with Crippen LogP contribution in [0.4, 0.5) is 10.2 Å². The molecule has 0 saturated heterocycles. The van der Waals surface area contributed by atoms with Crippen molar-refractivity contribution in [3.8, 4) is 11.5 Å². The van der Waals surface area contributed by atoms with E-state index in [-0.39, 0.29) is 5.82 Å². The summed E-state index contributed by atoms with van der Waals surface area (Å²) in [7, 11) is 1.81. The van der Waals surface area contributed by atoms with Crippen LogP contribution in [0.5, 0.6) is 0 Å². The van der Waals surface area contributed by atoms with Crippen LogP contribution in [0.1, 0.15) is 11.1 Å². The quantitative estimate of drug-likeness (QED) is 0.772. The molecule has 2 heterocycles. The second kappa shape index (κ2) is 4.59. The molecule has 0 aliphatic rings. The Morgan fingerprint density at radius 1 is 1.10 bits per heavy atom. The van der Waals surface area contributed by atoms with E-state index >= 15 is 0 Å². The highest BCUT2D eigenvalue weighted by Gasteiger charge is 2.14. The first-order valence-electron chi connectivity index (χ1n) is 6.31. The van der Waals surface area contributed by atoms with Gasteiger partial charge in [0.1, 0.15) is 17.1 Å². The van der Waals surface area contributed by atoms with Gasteiger partial charge in [-0.1, -0.05) is 0 Å². The van der Waals surface area contributed by atoms with Crippen molar-refractivity contribution < 1.29 is 8.81 Å². The molecule has 3 aromatic rings. The van der Waals surface area contributed by atoms with Crippen molar-refractivity contribution in [2.24, 2.45) is 0 Å². The topological polar surface area (TPSA) is 51.0 Å². The molecule has 4 nitrogen and oxygen atoms in total. The predicted octanol–water partition coefficient (Wildman–Crippen LogP) is 3.69. The van der Waals surface area contributed by atoms with Gasteiger partial charge >= 0.3 is 0 Å². The van der Waals surface area contributed by atoms with Crippen molar-refractivity contribution in [2.75, 3.05) is 12.4 Å². The summed E-state index contributed by atoms with van der Waals surface area (Å²) >= 11 is 0. The fraction of sp³-hybridized carbons (Fsp3) is 0.200. The molecule has 0 amide bonds. The van der Waals surface area contributed by atoms with E-state index < -0.39 is 0 Å². The third kappa shape index (κ3) is 1.91. The van der Waals surface area contributed by atoms with Crippen molar-refractivity contribution in [2.45, 2.75) is 13.8 Å². The lowest BCUT2D eigenvalue weighted by atomic mass is 10.1. The first-order valence-corrected chi connectivity index (χ1v) is 6.31. The van der Waals surface area contributed by atoms with Gasteiger partial charge in [-0.2, -0.15) is 0 Å². The molecule has 102 valence electrons. The molecule has 3 rings (SSSR count). The number of halogens is 1. The van der Waals surface area contributed by atoms with Gasteiger partial charge in [-0.15, -0.1) is 10.2 Å². The van der Waals surface area contributed by atoms with Crippen LogP contribution in [0.15, 0.2) is 28.7 Å². The zero-order chi connectivity index (χ0) is 14.3. The van der Waals surface area contributed by atoms with E-state index in [9.17, 15) is 4.39 Å². The van der Waals surface area contributed by atoms with Crippen LogP contribution in [0, 0.1) is 19.7 Å². The highest BCUT2D eigenvalue weighted by Crippen LogP contribution is 2.30. The molecule has 20 heavy (non-hydrogen) atoms. The predicted molar refractivity (Wildman–Crippen MR) is 76.2 cm³/mol. The zero-order valence-electron chi connectivity index (χ0n) is 11.5. The normalized spacial score (nSPS) is 11.0. The minimum absolute atomic E-state index is 0.283. The average molecular weight is 271 g/mol. The molecular formula is C15H14FN3O. The lowest BCUT2D eigenvalue weighted by Crippen LogP contribution is -2.02.